The predicted molar refractivity (Wildman–Crippen MR) is 69.8 cm³/mol. The normalized spacial score (nSPS) is 10.2. The maximum Gasteiger partial charge on any atom is 0.0621 e. The first-order chi connectivity index (χ1) is 7.90. The Morgan fingerprint density at radius 1 is 1.25 bits per heavy atom. The van der Waals surface area contributed by atoms with Gasteiger partial charge < -0.3 is 5.32 Å². The third-order valence-corrected chi connectivity index (χ3v) is 3.39. The van der Waals surface area contributed by atoms with Gasteiger partial charge in [0.1, 0.15) is 0 Å². The van der Waals surface area contributed by atoms with E-state index in [1.165, 1.54) is 15.8 Å². The minimum Gasteiger partial charge on any atom is -0.385 e. The summed E-state index contributed by atoms with van der Waals surface area (Å²) in [4.78, 5) is 0. The number of benzene rings is 1. The molecule has 0 spiro atoms. The Balaban J connectivity index is 1.87. The molecule has 0 atom stereocenters. The van der Waals surface area contributed by atoms with Crippen molar-refractivity contribution in [2.75, 3.05) is 11.9 Å². The largest absolute Gasteiger partial charge is 0.385 e. The minimum absolute atomic E-state index is 0.658. The number of nitrogens with zero attached hydrogens (tertiary/aromatic N) is 1. The summed E-state index contributed by atoms with van der Waals surface area (Å²) >= 11 is 1.77. The Morgan fingerprint density at radius 2 is 2.19 bits per heavy atom. The average molecular weight is 230 g/mol. The van der Waals surface area contributed by atoms with Crippen LogP contribution >= 0.6 is 11.3 Å². The van der Waals surface area contributed by atoms with Gasteiger partial charge in [-0.2, -0.15) is 5.26 Å². The van der Waals surface area contributed by atoms with E-state index < -0.39 is 0 Å². The predicted octanol–water partition coefficient (Wildman–Crippen LogP) is 4.01. The summed E-state index contributed by atoms with van der Waals surface area (Å²) in [5.41, 5.74) is 1.17. The quantitative estimate of drug-likeness (QED) is 0.788. The van der Waals surface area contributed by atoms with E-state index in [1.807, 2.05) is 0 Å². The maximum absolute atomic E-state index is 8.41. The highest BCUT2D eigenvalue weighted by Crippen LogP contribution is 2.23. The van der Waals surface area contributed by atoms with Crippen LogP contribution in [0.4, 0.5) is 5.69 Å². The standard InChI is InChI=1S/C13H14N2S/c14-7-2-1-3-8-15-12-4-5-13-11(10-12)6-9-16-13/h4-6,9-10,15H,1-3,8H2. The fourth-order valence-electron chi connectivity index (χ4n) is 1.64. The van der Waals surface area contributed by atoms with E-state index in [4.69, 9.17) is 5.26 Å². The molecule has 0 aliphatic heterocycles. The van der Waals surface area contributed by atoms with Gasteiger partial charge in [-0.05, 0) is 47.9 Å². The number of nitriles is 1. The summed E-state index contributed by atoms with van der Waals surface area (Å²) < 4.78 is 1.33. The van der Waals surface area contributed by atoms with Crippen molar-refractivity contribution in [2.24, 2.45) is 0 Å². The second-order valence-corrected chi connectivity index (χ2v) is 4.66. The van der Waals surface area contributed by atoms with Crippen molar-refractivity contribution in [3.8, 4) is 6.07 Å². The van der Waals surface area contributed by atoms with Crippen LogP contribution in [0.15, 0.2) is 29.6 Å². The number of nitrogens with one attached hydrogen (secondary N) is 1. The van der Waals surface area contributed by atoms with E-state index in [9.17, 15) is 0 Å². The van der Waals surface area contributed by atoms with Crippen molar-refractivity contribution in [3.05, 3.63) is 29.6 Å². The average Bonchev–Trinajstić information content (AvgIpc) is 2.76. The third kappa shape index (κ3) is 2.74. The van der Waals surface area contributed by atoms with Crippen LogP contribution in [0.2, 0.25) is 0 Å². The molecule has 0 unspecified atom stereocenters. The van der Waals surface area contributed by atoms with E-state index in [-0.39, 0.29) is 0 Å². The summed E-state index contributed by atoms with van der Waals surface area (Å²) in [5, 5.41) is 15.2. The summed E-state index contributed by atoms with van der Waals surface area (Å²) in [6, 6.07) is 10.7. The molecule has 2 nitrogen and oxygen atoms in total. The molecule has 1 aromatic heterocycles. The first-order valence-electron chi connectivity index (χ1n) is 5.48. The van der Waals surface area contributed by atoms with Crippen LogP contribution in [0.1, 0.15) is 19.3 Å². The maximum atomic E-state index is 8.41. The molecule has 16 heavy (non-hydrogen) atoms. The lowest BCUT2D eigenvalue weighted by Crippen LogP contribution is -2.00. The molecule has 2 rings (SSSR count). The van der Waals surface area contributed by atoms with Gasteiger partial charge >= 0.3 is 0 Å². The molecule has 0 saturated heterocycles. The van der Waals surface area contributed by atoms with Gasteiger partial charge in [0.15, 0.2) is 0 Å². The highest BCUT2D eigenvalue weighted by Gasteiger charge is 1.96. The molecule has 2 aromatic rings. The smallest absolute Gasteiger partial charge is 0.0621 e. The van der Waals surface area contributed by atoms with Crippen LogP contribution in [0.25, 0.3) is 10.1 Å². The summed E-state index contributed by atoms with van der Waals surface area (Å²) in [6.07, 6.45) is 2.69. The molecule has 1 aromatic carbocycles. The molecule has 1 heterocycles. The number of unbranched alkanes of at least 4 members (excludes halogenated alkanes) is 2. The van der Waals surface area contributed by atoms with Gasteiger partial charge in [0, 0.05) is 23.4 Å². The molecule has 1 N–H and O–H groups in total. The summed E-state index contributed by atoms with van der Waals surface area (Å²) in [6.45, 7) is 0.942. The molecular formula is C13H14N2S. The van der Waals surface area contributed by atoms with Gasteiger partial charge in [0.05, 0.1) is 6.07 Å². The highest BCUT2D eigenvalue weighted by molar-refractivity contribution is 7.17. The first-order valence-corrected chi connectivity index (χ1v) is 6.36. The fraction of sp³-hybridized carbons (Fsp3) is 0.308. The molecule has 3 heteroatoms. The molecule has 0 amide bonds. The Labute approximate surface area is 99.5 Å². The van der Waals surface area contributed by atoms with Crippen molar-refractivity contribution in [3.63, 3.8) is 0 Å². The van der Waals surface area contributed by atoms with Crippen LogP contribution in [-0.4, -0.2) is 6.54 Å². The van der Waals surface area contributed by atoms with Crippen molar-refractivity contribution in [2.45, 2.75) is 19.3 Å². The van der Waals surface area contributed by atoms with E-state index in [2.05, 4.69) is 41.0 Å². The molecule has 0 aliphatic rings. The second-order valence-electron chi connectivity index (χ2n) is 3.72. The number of hydrogen-bond donors (Lipinski definition) is 1. The lowest BCUT2D eigenvalue weighted by atomic mass is 10.2. The molecule has 0 bridgehead atoms. The van der Waals surface area contributed by atoms with Crippen LogP contribution in [0.5, 0.6) is 0 Å². The lowest BCUT2D eigenvalue weighted by molar-refractivity contribution is 0.785. The Kier molecular flexibility index (Phi) is 3.79. The zero-order valence-electron chi connectivity index (χ0n) is 9.07. The van der Waals surface area contributed by atoms with Crippen LogP contribution < -0.4 is 5.32 Å². The molecule has 0 saturated carbocycles. The fourth-order valence-corrected chi connectivity index (χ4v) is 2.41. The lowest BCUT2D eigenvalue weighted by Gasteiger charge is -2.05. The van der Waals surface area contributed by atoms with Crippen molar-refractivity contribution in [1.82, 2.24) is 0 Å². The molecule has 0 fully saturated rings. The van der Waals surface area contributed by atoms with Crippen molar-refractivity contribution in [1.29, 1.82) is 5.26 Å². The van der Waals surface area contributed by atoms with Gasteiger partial charge in [-0.25, -0.2) is 0 Å². The third-order valence-electron chi connectivity index (χ3n) is 2.50. The van der Waals surface area contributed by atoms with Gasteiger partial charge in [0.25, 0.3) is 0 Å². The molecule has 82 valence electrons. The topological polar surface area (TPSA) is 35.8 Å². The number of thiophene rings is 1. The van der Waals surface area contributed by atoms with E-state index in [1.54, 1.807) is 11.3 Å². The zero-order valence-corrected chi connectivity index (χ0v) is 9.89. The van der Waals surface area contributed by atoms with Crippen LogP contribution in [0, 0.1) is 11.3 Å². The number of fused-ring (bicyclic) bond motifs is 1. The van der Waals surface area contributed by atoms with E-state index in [0.29, 0.717) is 6.42 Å². The Bertz CT molecular complexity index is 496. The SMILES string of the molecule is N#CCCCCNc1ccc2sccc2c1. The first kappa shape index (κ1) is 11.0. The van der Waals surface area contributed by atoms with Gasteiger partial charge in [-0.3, -0.25) is 0 Å². The monoisotopic (exact) mass is 230 g/mol. The Hall–Kier alpha value is -1.53. The van der Waals surface area contributed by atoms with E-state index in [0.717, 1.165) is 19.4 Å². The van der Waals surface area contributed by atoms with Crippen LogP contribution in [0.3, 0.4) is 0 Å². The zero-order chi connectivity index (χ0) is 11.2. The Morgan fingerprint density at radius 3 is 3.06 bits per heavy atom. The molecule has 0 radical (unpaired) electrons. The number of hydrogen-bond acceptors (Lipinski definition) is 3. The van der Waals surface area contributed by atoms with Crippen molar-refractivity contribution >= 4 is 27.1 Å². The van der Waals surface area contributed by atoms with Crippen molar-refractivity contribution < 1.29 is 0 Å². The van der Waals surface area contributed by atoms with Crippen LogP contribution in [-0.2, 0) is 0 Å². The highest BCUT2D eigenvalue weighted by atomic mass is 32.1. The van der Waals surface area contributed by atoms with Gasteiger partial charge in [-0.1, -0.05) is 0 Å². The molecular weight excluding hydrogens is 216 g/mol. The summed E-state index contributed by atoms with van der Waals surface area (Å²) in [5.74, 6) is 0. The minimum atomic E-state index is 0.658. The second kappa shape index (κ2) is 5.53. The molecule has 0 aliphatic carbocycles. The number of rotatable bonds is 5. The number of anilines is 1. The van der Waals surface area contributed by atoms with E-state index >= 15 is 0 Å². The van der Waals surface area contributed by atoms with Gasteiger partial charge in [0.2, 0.25) is 0 Å². The van der Waals surface area contributed by atoms with Gasteiger partial charge in [-0.15, -0.1) is 11.3 Å². The summed E-state index contributed by atoms with van der Waals surface area (Å²) in [7, 11) is 0.